The summed E-state index contributed by atoms with van der Waals surface area (Å²) in [5.41, 5.74) is 2.89. The summed E-state index contributed by atoms with van der Waals surface area (Å²) in [5, 5.41) is 11.7. The van der Waals surface area contributed by atoms with Gasteiger partial charge in [-0.2, -0.15) is 5.26 Å². The third kappa shape index (κ3) is 4.01. The van der Waals surface area contributed by atoms with E-state index in [2.05, 4.69) is 16.3 Å². The number of piperazine rings is 1. The molecule has 1 N–H and O–H groups in total. The molecule has 1 saturated heterocycles. The molecule has 0 bridgehead atoms. The van der Waals surface area contributed by atoms with Gasteiger partial charge in [0.05, 0.1) is 11.6 Å². The zero-order chi connectivity index (χ0) is 18.5. The molecule has 1 aliphatic rings. The summed E-state index contributed by atoms with van der Waals surface area (Å²) in [6.45, 7) is 4.18. The van der Waals surface area contributed by atoms with E-state index >= 15 is 0 Å². The lowest BCUT2D eigenvalue weighted by atomic mass is 10.1. The van der Waals surface area contributed by atoms with Crippen LogP contribution in [-0.2, 0) is 0 Å². The SMILES string of the molecule is CC(=O)c1cccc(NC(=O)N2CCN(c3ccc(C#N)cc3)CC2)c1. The van der Waals surface area contributed by atoms with Gasteiger partial charge >= 0.3 is 6.03 Å². The monoisotopic (exact) mass is 348 g/mol. The number of hydrogen-bond acceptors (Lipinski definition) is 4. The van der Waals surface area contributed by atoms with Crippen molar-refractivity contribution >= 4 is 23.2 Å². The predicted molar refractivity (Wildman–Crippen MR) is 100 cm³/mol. The Hall–Kier alpha value is -3.33. The van der Waals surface area contributed by atoms with Crippen LogP contribution in [0.4, 0.5) is 16.2 Å². The maximum atomic E-state index is 12.5. The van der Waals surface area contributed by atoms with Crippen LogP contribution in [0, 0.1) is 11.3 Å². The van der Waals surface area contributed by atoms with Crippen LogP contribution in [0.15, 0.2) is 48.5 Å². The molecule has 0 atom stereocenters. The third-order valence-electron chi connectivity index (χ3n) is 4.45. The van der Waals surface area contributed by atoms with Gasteiger partial charge in [-0.25, -0.2) is 4.79 Å². The van der Waals surface area contributed by atoms with Crippen molar-refractivity contribution in [3.63, 3.8) is 0 Å². The molecule has 6 nitrogen and oxygen atoms in total. The Kier molecular flexibility index (Phi) is 5.18. The molecule has 1 aliphatic heterocycles. The Bertz CT molecular complexity index is 847. The van der Waals surface area contributed by atoms with Crippen molar-refractivity contribution in [2.45, 2.75) is 6.92 Å². The molecule has 0 saturated carbocycles. The van der Waals surface area contributed by atoms with Crippen LogP contribution < -0.4 is 10.2 Å². The zero-order valence-electron chi connectivity index (χ0n) is 14.6. The fourth-order valence-electron chi connectivity index (χ4n) is 2.93. The van der Waals surface area contributed by atoms with Crippen LogP contribution in [0.25, 0.3) is 0 Å². The van der Waals surface area contributed by atoms with Gasteiger partial charge in [0.1, 0.15) is 0 Å². The second kappa shape index (κ2) is 7.70. The Morgan fingerprint density at radius 1 is 1.04 bits per heavy atom. The number of anilines is 2. The number of Topliss-reactive ketones (excluding diaryl/α,β-unsaturated/α-hetero) is 1. The number of nitrogens with zero attached hydrogens (tertiary/aromatic N) is 3. The van der Waals surface area contributed by atoms with Gasteiger partial charge in [-0.1, -0.05) is 12.1 Å². The van der Waals surface area contributed by atoms with Crippen molar-refractivity contribution in [1.29, 1.82) is 5.26 Å². The fraction of sp³-hybridized carbons (Fsp3) is 0.250. The second-order valence-corrected chi connectivity index (χ2v) is 6.20. The maximum absolute atomic E-state index is 12.5. The average molecular weight is 348 g/mol. The Morgan fingerprint density at radius 3 is 2.35 bits per heavy atom. The molecule has 26 heavy (non-hydrogen) atoms. The van der Waals surface area contributed by atoms with Crippen molar-refractivity contribution in [3.05, 3.63) is 59.7 Å². The summed E-state index contributed by atoms with van der Waals surface area (Å²) in [6, 6.07) is 16.4. The Balaban J connectivity index is 1.57. The van der Waals surface area contributed by atoms with Crippen LogP contribution in [-0.4, -0.2) is 42.9 Å². The maximum Gasteiger partial charge on any atom is 0.321 e. The van der Waals surface area contributed by atoms with E-state index in [9.17, 15) is 9.59 Å². The molecule has 6 heteroatoms. The summed E-state index contributed by atoms with van der Waals surface area (Å²) in [6.07, 6.45) is 0. The van der Waals surface area contributed by atoms with Crippen molar-refractivity contribution in [2.24, 2.45) is 0 Å². The number of amides is 2. The molecular weight excluding hydrogens is 328 g/mol. The quantitative estimate of drug-likeness (QED) is 0.865. The number of carbonyl (C=O) groups is 2. The highest BCUT2D eigenvalue weighted by atomic mass is 16.2. The summed E-state index contributed by atoms with van der Waals surface area (Å²) in [5.74, 6) is -0.0304. The minimum Gasteiger partial charge on any atom is -0.368 e. The second-order valence-electron chi connectivity index (χ2n) is 6.20. The molecule has 1 fully saturated rings. The number of ketones is 1. The molecule has 0 radical (unpaired) electrons. The number of nitriles is 1. The minimum absolute atomic E-state index is 0.0304. The summed E-state index contributed by atoms with van der Waals surface area (Å²) in [4.78, 5) is 27.9. The van der Waals surface area contributed by atoms with E-state index in [0.29, 0.717) is 29.9 Å². The molecule has 0 aliphatic carbocycles. The zero-order valence-corrected chi connectivity index (χ0v) is 14.6. The van der Waals surface area contributed by atoms with Crippen LogP contribution in [0.1, 0.15) is 22.8 Å². The van der Waals surface area contributed by atoms with E-state index in [1.54, 1.807) is 41.3 Å². The smallest absolute Gasteiger partial charge is 0.321 e. The van der Waals surface area contributed by atoms with E-state index in [4.69, 9.17) is 5.26 Å². The van der Waals surface area contributed by atoms with Gasteiger partial charge in [0.2, 0.25) is 0 Å². The highest BCUT2D eigenvalue weighted by molar-refractivity contribution is 5.96. The van der Waals surface area contributed by atoms with Crippen molar-refractivity contribution in [3.8, 4) is 6.07 Å². The van der Waals surface area contributed by atoms with Gasteiger partial charge in [-0.15, -0.1) is 0 Å². The number of carbonyl (C=O) groups excluding carboxylic acids is 2. The molecule has 132 valence electrons. The molecular formula is C20H20N4O2. The molecule has 0 aromatic heterocycles. The fourth-order valence-corrected chi connectivity index (χ4v) is 2.93. The first-order valence-electron chi connectivity index (χ1n) is 8.49. The number of urea groups is 1. The van der Waals surface area contributed by atoms with Gasteiger partial charge in [-0.3, -0.25) is 4.79 Å². The van der Waals surface area contributed by atoms with Crippen molar-refractivity contribution in [1.82, 2.24) is 4.90 Å². The van der Waals surface area contributed by atoms with Gasteiger partial charge in [0.25, 0.3) is 0 Å². The molecule has 0 unspecified atom stereocenters. The number of rotatable bonds is 3. The van der Waals surface area contributed by atoms with Crippen molar-refractivity contribution in [2.75, 3.05) is 36.4 Å². The van der Waals surface area contributed by atoms with E-state index < -0.39 is 0 Å². The highest BCUT2D eigenvalue weighted by Crippen LogP contribution is 2.18. The van der Waals surface area contributed by atoms with E-state index in [1.807, 2.05) is 12.1 Å². The highest BCUT2D eigenvalue weighted by Gasteiger charge is 2.21. The normalized spacial score (nSPS) is 13.8. The van der Waals surface area contributed by atoms with Gasteiger partial charge in [-0.05, 0) is 43.3 Å². The van der Waals surface area contributed by atoms with Crippen LogP contribution in [0.5, 0.6) is 0 Å². The lowest BCUT2D eigenvalue weighted by Gasteiger charge is -2.36. The summed E-state index contributed by atoms with van der Waals surface area (Å²) in [7, 11) is 0. The lowest BCUT2D eigenvalue weighted by Crippen LogP contribution is -2.50. The third-order valence-corrected chi connectivity index (χ3v) is 4.45. The standard InChI is InChI=1S/C20H20N4O2/c1-15(25)17-3-2-4-18(13-17)22-20(26)24-11-9-23(10-12-24)19-7-5-16(14-21)6-8-19/h2-8,13H,9-12H2,1H3,(H,22,26). The first-order chi connectivity index (χ1) is 12.6. The van der Waals surface area contributed by atoms with E-state index in [1.165, 1.54) is 6.92 Å². The number of benzene rings is 2. The van der Waals surface area contributed by atoms with E-state index in [-0.39, 0.29) is 11.8 Å². The topological polar surface area (TPSA) is 76.4 Å². The average Bonchev–Trinajstić information content (AvgIpc) is 2.68. The molecule has 1 heterocycles. The predicted octanol–water partition coefficient (Wildman–Crippen LogP) is 3.11. The molecule has 3 rings (SSSR count). The number of nitrogens with one attached hydrogen (secondary N) is 1. The Morgan fingerprint density at radius 2 is 1.73 bits per heavy atom. The molecule has 2 aromatic rings. The summed E-state index contributed by atoms with van der Waals surface area (Å²) >= 11 is 0. The van der Waals surface area contributed by atoms with Gasteiger partial charge in [0.15, 0.2) is 5.78 Å². The lowest BCUT2D eigenvalue weighted by molar-refractivity contribution is 0.101. The molecule has 0 spiro atoms. The van der Waals surface area contributed by atoms with E-state index in [0.717, 1.165) is 18.8 Å². The number of hydrogen-bond donors (Lipinski definition) is 1. The van der Waals surface area contributed by atoms with Crippen LogP contribution in [0.3, 0.4) is 0 Å². The van der Waals surface area contributed by atoms with Gasteiger partial charge in [0, 0.05) is 43.1 Å². The molecule has 2 amide bonds. The summed E-state index contributed by atoms with van der Waals surface area (Å²) < 4.78 is 0. The van der Waals surface area contributed by atoms with Gasteiger partial charge < -0.3 is 15.1 Å². The van der Waals surface area contributed by atoms with Crippen LogP contribution in [0.2, 0.25) is 0 Å². The first-order valence-corrected chi connectivity index (χ1v) is 8.49. The van der Waals surface area contributed by atoms with Crippen LogP contribution >= 0.6 is 0 Å². The first kappa shape index (κ1) is 17.5. The minimum atomic E-state index is -0.162. The van der Waals surface area contributed by atoms with Crippen molar-refractivity contribution < 1.29 is 9.59 Å². The molecule has 2 aromatic carbocycles. The Labute approximate surface area is 152 Å². The largest absolute Gasteiger partial charge is 0.368 e.